The molecule has 0 bridgehead atoms. The third-order valence-electron chi connectivity index (χ3n) is 4.43. The molecular formula is C16H18N2O5S. The predicted molar refractivity (Wildman–Crippen MR) is 86.6 cm³/mol. The topological polar surface area (TPSA) is 111 Å². The first-order chi connectivity index (χ1) is 11.5. The van der Waals surface area contributed by atoms with E-state index < -0.39 is 35.9 Å². The second-order valence-electron chi connectivity index (χ2n) is 5.88. The van der Waals surface area contributed by atoms with Gasteiger partial charge < -0.3 is 20.2 Å². The van der Waals surface area contributed by atoms with Gasteiger partial charge in [0.15, 0.2) is 0 Å². The molecule has 8 heteroatoms. The molecule has 1 amide bonds. The van der Waals surface area contributed by atoms with Crippen LogP contribution in [0.3, 0.4) is 0 Å². The van der Waals surface area contributed by atoms with Gasteiger partial charge in [0.05, 0.1) is 30.4 Å². The normalized spacial score (nSPS) is 27.0. The molecule has 2 aliphatic rings. The van der Waals surface area contributed by atoms with Crippen molar-refractivity contribution in [2.24, 2.45) is 11.8 Å². The average molecular weight is 350 g/mol. The van der Waals surface area contributed by atoms with Gasteiger partial charge in [-0.05, 0) is 19.1 Å². The third-order valence-corrected chi connectivity index (χ3v) is 5.68. The highest BCUT2D eigenvalue weighted by Gasteiger charge is 2.61. The lowest BCUT2D eigenvalue weighted by Gasteiger charge is -2.46. The molecular weight excluding hydrogens is 332 g/mol. The van der Waals surface area contributed by atoms with Gasteiger partial charge in [0.25, 0.3) is 0 Å². The highest BCUT2D eigenvalue weighted by molar-refractivity contribution is 8.02. The molecule has 24 heavy (non-hydrogen) atoms. The Bertz CT molecular complexity index is 691. The summed E-state index contributed by atoms with van der Waals surface area (Å²) in [6.07, 6.45) is 0.767. The standard InChI is InChI=1S/C16H18N2O5S/c1-8(20)11-12-10(6-19)14(13(16(22)23)18(12)15(11)21)24-7-9-4-2-3-5-17-9/h2-5,8,10-12,19-20H,6-7H2,1H3,(H,22,23)/t8-,10-,11-,12-/m1/s1. The van der Waals surface area contributed by atoms with Crippen LogP contribution in [0.2, 0.25) is 0 Å². The van der Waals surface area contributed by atoms with Crippen LogP contribution in [0.1, 0.15) is 12.6 Å². The van der Waals surface area contributed by atoms with Crippen LogP contribution in [-0.4, -0.2) is 55.8 Å². The maximum Gasteiger partial charge on any atom is 0.353 e. The van der Waals surface area contributed by atoms with E-state index in [1.807, 2.05) is 12.1 Å². The summed E-state index contributed by atoms with van der Waals surface area (Å²) in [7, 11) is 0. The molecule has 4 atom stereocenters. The van der Waals surface area contributed by atoms with Gasteiger partial charge >= 0.3 is 5.97 Å². The number of β-lactam (4-membered cyclic amide) rings is 1. The van der Waals surface area contributed by atoms with E-state index in [9.17, 15) is 24.9 Å². The molecule has 3 heterocycles. The number of pyridine rings is 1. The molecule has 0 aromatic carbocycles. The molecule has 7 nitrogen and oxygen atoms in total. The minimum Gasteiger partial charge on any atom is -0.477 e. The van der Waals surface area contributed by atoms with Crippen molar-refractivity contribution in [1.82, 2.24) is 9.88 Å². The van der Waals surface area contributed by atoms with Crippen molar-refractivity contribution in [2.45, 2.75) is 24.8 Å². The van der Waals surface area contributed by atoms with E-state index >= 15 is 0 Å². The van der Waals surface area contributed by atoms with E-state index in [0.717, 1.165) is 5.69 Å². The van der Waals surface area contributed by atoms with Crippen LogP contribution in [0.4, 0.5) is 0 Å². The van der Waals surface area contributed by atoms with Gasteiger partial charge in [0.2, 0.25) is 5.91 Å². The first-order valence-electron chi connectivity index (χ1n) is 7.59. The number of amides is 1. The first-order valence-corrected chi connectivity index (χ1v) is 8.58. The molecule has 1 fully saturated rings. The fourth-order valence-electron chi connectivity index (χ4n) is 3.37. The number of rotatable bonds is 6. The van der Waals surface area contributed by atoms with E-state index in [2.05, 4.69) is 4.98 Å². The number of hydrogen-bond donors (Lipinski definition) is 3. The Morgan fingerprint density at radius 2 is 2.21 bits per heavy atom. The van der Waals surface area contributed by atoms with Gasteiger partial charge in [-0.3, -0.25) is 9.78 Å². The second kappa shape index (κ2) is 6.54. The Morgan fingerprint density at radius 1 is 1.46 bits per heavy atom. The quantitative estimate of drug-likeness (QED) is 0.638. The highest BCUT2D eigenvalue weighted by atomic mass is 32.2. The smallest absolute Gasteiger partial charge is 0.353 e. The van der Waals surface area contributed by atoms with E-state index in [1.54, 1.807) is 12.3 Å². The van der Waals surface area contributed by atoms with Crippen molar-refractivity contribution in [3.05, 3.63) is 40.7 Å². The zero-order valence-corrected chi connectivity index (χ0v) is 13.8. The summed E-state index contributed by atoms with van der Waals surface area (Å²) < 4.78 is 0. The summed E-state index contributed by atoms with van der Waals surface area (Å²) in [5, 5.41) is 29.1. The van der Waals surface area contributed by atoms with E-state index in [0.29, 0.717) is 10.7 Å². The van der Waals surface area contributed by atoms with Crippen LogP contribution in [0.5, 0.6) is 0 Å². The lowest BCUT2D eigenvalue weighted by atomic mass is 9.79. The Hall–Kier alpha value is -1.90. The van der Waals surface area contributed by atoms with Crippen LogP contribution in [-0.2, 0) is 15.3 Å². The number of hydrogen-bond acceptors (Lipinski definition) is 6. The maximum absolute atomic E-state index is 12.2. The minimum atomic E-state index is -1.20. The number of carboxylic acids is 1. The Morgan fingerprint density at radius 3 is 2.75 bits per heavy atom. The molecule has 1 saturated heterocycles. The van der Waals surface area contributed by atoms with Gasteiger partial charge in [-0.15, -0.1) is 11.8 Å². The van der Waals surface area contributed by atoms with Crippen LogP contribution in [0, 0.1) is 11.8 Å². The zero-order chi connectivity index (χ0) is 17.4. The fourth-order valence-corrected chi connectivity index (χ4v) is 4.60. The molecule has 3 rings (SSSR count). The molecule has 0 unspecified atom stereocenters. The van der Waals surface area contributed by atoms with Gasteiger partial charge in [0.1, 0.15) is 5.70 Å². The summed E-state index contributed by atoms with van der Waals surface area (Å²) in [6.45, 7) is 1.23. The molecule has 0 radical (unpaired) electrons. The second-order valence-corrected chi connectivity index (χ2v) is 6.90. The third kappa shape index (κ3) is 2.60. The number of aliphatic hydroxyl groups excluding tert-OH is 2. The lowest BCUT2D eigenvalue weighted by molar-refractivity contribution is -0.164. The molecule has 1 aromatic rings. The number of carbonyl (C=O) groups is 2. The van der Waals surface area contributed by atoms with Gasteiger partial charge in [-0.2, -0.15) is 0 Å². The van der Waals surface area contributed by atoms with E-state index in [-0.39, 0.29) is 12.3 Å². The van der Waals surface area contributed by atoms with Crippen molar-refractivity contribution in [3.8, 4) is 0 Å². The predicted octanol–water partition coefficient (Wildman–Crippen LogP) is 0.441. The van der Waals surface area contributed by atoms with Crippen molar-refractivity contribution >= 4 is 23.6 Å². The van der Waals surface area contributed by atoms with Crippen LogP contribution in [0.25, 0.3) is 0 Å². The summed E-state index contributed by atoms with van der Waals surface area (Å²) in [4.78, 5) is 29.8. The molecule has 0 aliphatic carbocycles. The number of carboxylic acid groups (broad SMARTS) is 1. The maximum atomic E-state index is 12.2. The number of fused-ring (bicyclic) bond motifs is 1. The van der Waals surface area contributed by atoms with Gasteiger partial charge in [0, 0.05) is 22.8 Å². The largest absolute Gasteiger partial charge is 0.477 e. The first kappa shape index (κ1) is 16.9. The highest BCUT2D eigenvalue weighted by Crippen LogP contribution is 2.50. The summed E-state index contributed by atoms with van der Waals surface area (Å²) >= 11 is 1.27. The number of aliphatic carboxylic acids is 1. The van der Waals surface area contributed by atoms with Crippen LogP contribution >= 0.6 is 11.8 Å². The van der Waals surface area contributed by atoms with E-state index in [1.165, 1.54) is 23.6 Å². The number of aliphatic hydroxyl groups is 2. The number of carbonyl (C=O) groups excluding carboxylic acids is 1. The van der Waals surface area contributed by atoms with Crippen LogP contribution in [0.15, 0.2) is 35.0 Å². The molecule has 0 saturated carbocycles. The van der Waals surface area contributed by atoms with Crippen molar-refractivity contribution in [3.63, 3.8) is 0 Å². The Kier molecular flexibility index (Phi) is 4.62. The minimum absolute atomic E-state index is 0.0816. The molecule has 3 N–H and O–H groups in total. The molecule has 128 valence electrons. The van der Waals surface area contributed by atoms with Crippen molar-refractivity contribution in [2.75, 3.05) is 6.61 Å². The average Bonchev–Trinajstić information content (AvgIpc) is 2.83. The van der Waals surface area contributed by atoms with Gasteiger partial charge in [-0.1, -0.05) is 6.07 Å². The summed E-state index contributed by atoms with van der Waals surface area (Å²) in [5.41, 5.74) is 0.700. The SMILES string of the molecule is C[C@@H](O)[C@H]1C(=O)N2C(C(=O)O)=C(SCc3ccccn3)[C@H](CO)[C@H]12. The summed E-state index contributed by atoms with van der Waals surface area (Å²) in [6, 6.07) is 4.96. The lowest BCUT2D eigenvalue weighted by Crippen LogP contribution is -2.64. The Balaban J connectivity index is 1.90. The van der Waals surface area contributed by atoms with Crippen molar-refractivity contribution < 1.29 is 24.9 Å². The van der Waals surface area contributed by atoms with Crippen LogP contribution < -0.4 is 0 Å². The van der Waals surface area contributed by atoms with Crippen molar-refractivity contribution in [1.29, 1.82) is 0 Å². The summed E-state index contributed by atoms with van der Waals surface area (Å²) in [5.74, 6) is -2.33. The zero-order valence-electron chi connectivity index (χ0n) is 13.0. The van der Waals surface area contributed by atoms with E-state index in [4.69, 9.17) is 0 Å². The van der Waals surface area contributed by atoms with Gasteiger partial charge in [-0.25, -0.2) is 4.79 Å². The monoisotopic (exact) mass is 350 g/mol. The number of thioether (sulfide) groups is 1. The number of nitrogens with zero attached hydrogens (tertiary/aromatic N) is 2. The molecule has 1 aromatic heterocycles. The Labute approximate surface area is 143 Å². The molecule has 2 aliphatic heterocycles. The molecule has 0 spiro atoms. The number of aromatic nitrogens is 1. The fraction of sp³-hybridized carbons (Fsp3) is 0.438.